The van der Waals surface area contributed by atoms with Crippen LogP contribution in [0.2, 0.25) is 0 Å². The van der Waals surface area contributed by atoms with Gasteiger partial charge in [0.2, 0.25) is 11.9 Å². The molecule has 194 valence electrons. The fraction of sp³-hybridized carbons (Fsp3) is 0.643. The van der Waals surface area contributed by atoms with E-state index in [0.29, 0.717) is 24.6 Å². The summed E-state index contributed by atoms with van der Waals surface area (Å²) >= 11 is 0. The van der Waals surface area contributed by atoms with Crippen LogP contribution in [0.15, 0.2) is 24.5 Å². The van der Waals surface area contributed by atoms with Crippen molar-refractivity contribution < 1.29 is 9.53 Å². The Kier molecular flexibility index (Phi) is 7.53. The summed E-state index contributed by atoms with van der Waals surface area (Å²) in [7, 11) is 3.94. The molecular weight excluding hydrogens is 452 g/mol. The number of amides is 1. The van der Waals surface area contributed by atoms with E-state index in [1.807, 2.05) is 19.3 Å². The first-order valence-corrected chi connectivity index (χ1v) is 13.5. The molecule has 36 heavy (non-hydrogen) atoms. The Hall–Kier alpha value is -2.58. The van der Waals surface area contributed by atoms with Gasteiger partial charge in [0, 0.05) is 55.7 Å². The largest absolute Gasteiger partial charge is 0.381 e. The predicted molar refractivity (Wildman–Crippen MR) is 140 cm³/mol. The zero-order valence-corrected chi connectivity index (χ0v) is 22.1. The zero-order chi connectivity index (χ0) is 25.2. The van der Waals surface area contributed by atoms with Gasteiger partial charge in [-0.25, -0.2) is 9.97 Å². The summed E-state index contributed by atoms with van der Waals surface area (Å²) in [4.78, 5) is 32.3. The second-order valence-electron chi connectivity index (χ2n) is 11.0. The number of fused-ring (bicyclic) bond motifs is 1. The van der Waals surface area contributed by atoms with Gasteiger partial charge in [-0.15, -0.1) is 0 Å². The highest BCUT2D eigenvalue weighted by molar-refractivity contribution is 5.80. The van der Waals surface area contributed by atoms with E-state index in [1.54, 1.807) is 7.11 Å². The van der Waals surface area contributed by atoms with E-state index in [4.69, 9.17) is 9.72 Å². The summed E-state index contributed by atoms with van der Waals surface area (Å²) in [5.41, 5.74) is 4.35. The van der Waals surface area contributed by atoms with Gasteiger partial charge in [0.1, 0.15) is 0 Å². The number of carbonyl (C=O) groups is 1. The molecule has 1 N–H and O–H groups in total. The summed E-state index contributed by atoms with van der Waals surface area (Å²) in [6, 6.07) is 4.73. The highest BCUT2D eigenvalue weighted by atomic mass is 16.5. The van der Waals surface area contributed by atoms with E-state index in [2.05, 4.69) is 51.2 Å². The maximum atomic E-state index is 14.0. The number of pyridine rings is 1. The normalized spacial score (nSPS) is 29.0. The van der Waals surface area contributed by atoms with Crippen LogP contribution in [-0.4, -0.2) is 76.1 Å². The molecule has 1 amide bonds. The Morgan fingerprint density at radius 3 is 2.72 bits per heavy atom. The summed E-state index contributed by atoms with van der Waals surface area (Å²) in [5.74, 6) is 1.09. The van der Waals surface area contributed by atoms with E-state index in [-0.39, 0.29) is 23.8 Å². The van der Waals surface area contributed by atoms with Crippen molar-refractivity contribution in [1.29, 1.82) is 0 Å². The number of aryl methyl sites for hydroxylation is 1. The van der Waals surface area contributed by atoms with Crippen LogP contribution in [0.4, 0.5) is 5.95 Å². The topological polar surface area (TPSA) is 83.5 Å². The molecule has 0 bridgehead atoms. The summed E-state index contributed by atoms with van der Waals surface area (Å²) in [6.45, 7) is 6.56. The van der Waals surface area contributed by atoms with E-state index >= 15 is 0 Å². The molecule has 5 rings (SSSR count). The highest BCUT2D eigenvalue weighted by Gasteiger charge is 2.39. The number of hydrogen-bond acceptors (Lipinski definition) is 7. The van der Waals surface area contributed by atoms with Crippen LogP contribution < -0.4 is 5.32 Å². The number of nitrogens with zero attached hydrogens (tertiary/aromatic N) is 5. The molecule has 1 saturated heterocycles. The number of rotatable bonds is 5. The van der Waals surface area contributed by atoms with Crippen LogP contribution in [0.1, 0.15) is 67.5 Å². The molecule has 8 nitrogen and oxygen atoms in total. The molecular formula is C28H40N6O2. The molecule has 3 aliphatic rings. The third-order valence-corrected chi connectivity index (χ3v) is 8.43. The van der Waals surface area contributed by atoms with Crippen LogP contribution in [0, 0.1) is 12.8 Å². The molecule has 4 heterocycles. The molecule has 1 saturated carbocycles. The Labute approximate surface area is 214 Å². The SMILES string of the molecule is COC1CCC(Nc2ncc3c(n2)CN(C(=O)[C@H]2CCN(C)C[C@@H]2c2ccnc(C)c2)[C@H](C)C3)CC1. The van der Waals surface area contributed by atoms with Gasteiger partial charge < -0.3 is 19.9 Å². The van der Waals surface area contributed by atoms with Crippen molar-refractivity contribution in [3.05, 3.63) is 47.0 Å². The molecule has 0 aromatic carbocycles. The van der Waals surface area contributed by atoms with Crippen LogP contribution >= 0.6 is 0 Å². The third kappa shape index (κ3) is 5.39. The number of likely N-dealkylation sites (tertiary alicyclic amines) is 1. The average molecular weight is 493 g/mol. The lowest BCUT2D eigenvalue weighted by molar-refractivity contribution is -0.141. The minimum Gasteiger partial charge on any atom is -0.381 e. The maximum absolute atomic E-state index is 14.0. The van der Waals surface area contributed by atoms with Gasteiger partial charge in [0.15, 0.2) is 0 Å². The van der Waals surface area contributed by atoms with Crippen LogP contribution in [0.5, 0.6) is 0 Å². The van der Waals surface area contributed by atoms with Gasteiger partial charge in [0.25, 0.3) is 0 Å². The molecule has 2 aromatic heterocycles. The minimum absolute atomic E-state index is 0.0256. The molecule has 2 aromatic rings. The van der Waals surface area contributed by atoms with E-state index in [9.17, 15) is 4.79 Å². The first kappa shape index (κ1) is 25.1. The number of likely N-dealkylation sites (N-methyl/N-ethyl adjacent to an activating group) is 1. The number of carbonyl (C=O) groups excluding carboxylic acids is 1. The number of aromatic nitrogens is 3. The monoisotopic (exact) mass is 492 g/mol. The first-order chi connectivity index (χ1) is 17.4. The van der Waals surface area contributed by atoms with Gasteiger partial charge in [-0.05, 0) is 89.2 Å². The number of piperidine rings is 1. The molecule has 8 heteroatoms. The van der Waals surface area contributed by atoms with Gasteiger partial charge in [0.05, 0.1) is 18.3 Å². The number of methoxy groups -OCH3 is 1. The second kappa shape index (κ2) is 10.8. The second-order valence-corrected chi connectivity index (χ2v) is 11.0. The number of anilines is 1. The standard InChI is InChI=1S/C28H40N6O2/c1-18-13-20(9-11-29-18)25-16-33(3)12-10-24(25)27(35)34-17-26-21(14-19(34)2)15-30-28(32-26)31-22-5-7-23(36-4)8-6-22/h9,11,13,15,19,22-25H,5-8,10,12,14,16-17H2,1-4H3,(H,30,31,32)/t19-,22?,23?,24+,25-/m1/s1. The van der Waals surface area contributed by atoms with Crippen LogP contribution in [0.25, 0.3) is 0 Å². The maximum Gasteiger partial charge on any atom is 0.227 e. The lowest BCUT2D eigenvalue weighted by atomic mass is 9.79. The molecule has 0 spiro atoms. The summed E-state index contributed by atoms with van der Waals surface area (Å²) in [5, 5.41) is 3.54. The van der Waals surface area contributed by atoms with Gasteiger partial charge in [-0.2, -0.15) is 0 Å². The molecule has 2 aliphatic heterocycles. The molecule has 1 aliphatic carbocycles. The summed E-state index contributed by atoms with van der Waals surface area (Å²) < 4.78 is 5.50. The van der Waals surface area contributed by atoms with Crippen molar-refractivity contribution >= 4 is 11.9 Å². The van der Waals surface area contributed by atoms with Gasteiger partial charge >= 0.3 is 0 Å². The fourth-order valence-corrected chi connectivity index (χ4v) is 6.24. The van der Waals surface area contributed by atoms with Crippen molar-refractivity contribution in [3.8, 4) is 0 Å². The average Bonchev–Trinajstić information content (AvgIpc) is 2.88. The minimum atomic E-state index is -0.0256. The quantitative estimate of drug-likeness (QED) is 0.683. The van der Waals surface area contributed by atoms with Crippen molar-refractivity contribution in [1.82, 2.24) is 24.8 Å². The Balaban J connectivity index is 1.31. The highest BCUT2D eigenvalue weighted by Crippen LogP contribution is 2.35. The first-order valence-electron chi connectivity index (χ1n) is 13.5. The Bertz CT molecular complexity index is 1070. The van der Waals surface area contributed by atoms with Gasteiger partial charge in [-0.3, -0.25) is 9.78 Å². The zero-order valence-electron chi connectivity index (χ0n) is 22.1. The third-order valence-electron chi connectivity index (χ3n) is 8.43. The number of ether oxygens (including phenoxy) is 1. The van der Waals surface area contributed by atoms with E-state index in [1.165, 1.54) is 5.56 Å². The van der Waals surface area contributed by atoms with Gasteiger partial charge in [-0.1, -0.05) is 0 Å². The number of nitrogens with one attached hydrogen (secondary N) is 1. The smallest absolute Gasteiger partial charge is 0.227 e. The van der Waals surface area contributed by atoms with E-state index < -0.39 is 0 Å². The molecule has 2 fully saturated rings. The van der Waals surface area contributed by atoms with Crippen molar-refractivity contribution in [2.45, 2.75) is 83.0 Å². The van der Waals surface area contributed by atoms with Crippen molar-refractivity contribution in [3.63, 3.8) is 0 Å². The number of hydrogen-bond donors (Lipinski definition) is 1. The van der Waals surface area contributed by atoms with Crippen LogP contribution in [0.3, 0.4) is 0 Å². The molecule has 0 radical (unpaired) electrons. The van der Waals surface area contributed by atoms with Crippen molar-refractivity contribution in [2.75, 3.05) is 32.6 Å². The fourth-order valence-electron chi connectivity index (χ4n) is 6.24. The van der Waals surface area contributed by atoms with Crippen molar-refractivity contribution in [2.24, 2.45) is 5.92 Å². The Morgan fingerprint density at radius 1 is 1.17 bits per heavy atom. The Morgan fingerprint density at radius 2 is 1.97 bits per heavy atom. The molecule has 3 atom stereocenters. The summed E-state index contributed by atoms with van der Waals surface area (Å²) in [6.07, 6.45) is 10.1. The predicted octanol–water partition coefficient (Wildman–Crippen LogP) is 3.56. The van der Waals surface area contributed by atoms with E-state index in [0.717, 1.165) is 68.6 Å². The lowest BCUT2D eigenvalue weighted by Gasteiger charge is -2.42. The lowest BCUT2D eigenvalue weighted by Crippen LogP contribution is -2.50. The molecule has 0 unspecified atom stereocenters. The van der Waals surface area contributed by atoms with Crippen LogP contribution in [-0.2, 0) is 22.5 Å².